The monoisotopic (exact) mass is 375 g/mol. The molecule has 0 atom stereocenters. The van der Waals surface area contributed by atoms with Gasteiger partial charge in [0.2, 0.25) is 0 Å². The number of aromatic hydroxyl groups is 1. The minimum absolute atomic E-state index is 0.0226. The Balaban J connectivity index is 2.05. The first-order valence-electron chi connectivity index (χ1n) is 7.10. The predicted molar refractivity (Wildman–Crippen MR) is 96.2 cm³/mol. The highest BCUT2D eigenvalue weighted by Gasteiger charge is 2.14. The third kappa shape index (κ3) is 4.51. The van der Waals surface area contributed by atoms with Gasteiger partial charge in [0.15, 0.2) is 5.11 Å². The summed E-state index contributed by atoms with van der Waals surface area (Å²) in [6.45, 7) is 0. The Hall–Kier alpha value is -3.53. The molecule has 0 heterocycles. The smallest absolute Gasteiger partial charge is 0.337 e. The van der Waals surface area contributed by atoms with Crippen LogP contribution in [0.25, 0.3) is 0 Å². The standard InChI is InChI=1S/C16H13N3O6S/c1-25-15(22)10-4-2-9(3-5-10)14(21)18-16(26)17-12-8-11(19(23)24)6-7-13(12)20/h2-8,20H,1H3,(H2,17,18,21,26). The van der Waals surface area contributed by atoms with Crippen molar-refractivity contribution in [3.63, 3.8) is 0 Å². The van der Waals surface area contributed by atoms with E-state index in [4.69, 9.17) is 12.2 Å². The molecule has 0 aliphatic carbocycles. The van der Waals surface area contributed by atoms with Crippen molar-refractivity contribution in [2.75, 3.05) is 12.4 Å². The Morgan fingerprint density at radius 1 is 1.15 bits per heavy atom. The van der Waals surface area contributed by atoms with Crippen molar-refractivity contribution in [1.82, 2.24) is 5.32 Å². The van der Waals surface area contributed by atoms with Crippen LogP contribution in [-0.2, 0) is 4.74 Å². The number of carbonyl (C=O) groups excluding carboxylic acids is 2. The van der Waals surface area contributed by atoms with Crippen LogP contribution < -0.4 is 10.6 Å². The van der Waals surface area contributed by atoms with Crippen LogP contribution in [0.3, 0.4) is 0 Å². The molecule has 2 aromatic carbocycles. The van der Waals surface area contributed by atoms with Gasteiger partial charge in [0.25, 0.3) is 11.6 Å². The summed E-state index contributed by atoms with van der Waals surface area (Å²) in [4.78, 5) is 33.6. The lowest BCUT2D eigenvalue weighted by molar-refractivity contribution is -0.384. The lowest BCUT2D eigenvalue weighted by Crippen LogP contribution is -2.34. The van der Waals surface area contributed by atoms with Gasteiger partial charge < -0.3 is 15.2 Å². The Morgan fingerprint density at radius 2 is 1.77 bits per heavy atom. The van der Waals surface area contributed by atoms with Crippen LogP contribution in [0.4, 0.5) is 11.4 Å². The highest BCUT2D eigenvalue weighted by molar-refractivity contribution is 7.80. The minimum Gasteiger partial charge on any atom is -0.506 e. The van der Waals surface area contributed by atoms with Gasteiger partial charge in [0.05, 0.1) is 23.3 Å². The van der Waals surface area contributed by atoms with Crippen LogP contribution in [0.1, 0.15) is 20.7 Å². The number of non-ortho nitro benzene ring substituents is 1. The van der Waals surface area contributed by atoms with Gasteiger partial charge >= 0.3 is 5.97 Å². The molecular formula is C16H13N3O6S. The van der Waals surface area contributed by atoms with Crippen LogP contribution >= 0.6 is 12.2 Å². The molecule has 3 N–H and O–H groups in total. The fourth-order valence-electron chi connectivity index (χ4n) is 1.94. The second kappa shape index (κ2) is 8.03. The maximum atomic E-state index is 12.1. The molecule has 9 nitrogen and oxygen atoms in total. The zero-order chi connectivity index (χ0) is 19.3. The van der Waals surface area contributed by atoms with Gasteiger partial charge in [0.1, 0.15) is 5.75 Å². The number of nitrogens with one attached hydrogen (secondary N) is 2. The third-order valence-corrected chi connectivity index (χ3v) is 3.44. The number of nitrogens with zero attached hydrogens (tertiary/aromatic N) is 1. The van der Waals surface area contributed by atoms with E-state index in [1.165, 1.54) is 31.4 Å². The molecule has 0 aliphatic heterocycles. The second-order valence-corrected chi connectivity index (χ2v) is 5.34. The molecule has 2 rings (SSSR count). The molecule has 0 fully saturated rings. The fourth-order valence-corrected chi connectivity index (χ4v) is 2.14. The topological polar surface area (TPSA) is 131 Å². The molecule has 0 spiro atoms. The van der Waals surface area contributed by atoms with Gasteiger partial charge in [-0.15, -0.1) is 0 Å². The van der Waals surface area contributed by atoms with E-state index >= 15 is 0 Å². The predicted octanol–water partition coefficient (Wildman–Crippen LogP) is 2.21. The van der Waals surface area contributed by atoms with E-state index in [0.29, 0.717) is 0 Å². The number of carbonyl (C=O) groups is 2. The Morgan fingerprint density at radius 3 is 2.35 bits per heavy atom. The van der Waals surface area contributed by atoms with Crippen molar-refractivity contribution in [3.8, 4) is 5.75 Å². The van der Waals surface area contributed by atoms with Gasteiger partial charge in [0, 0.05) is 17.7 Å². The number of phenolic OH excluding ortho intramolecular Hbond substituents is 1. The van der Waals surface area contributed by atoms with E-state index in [1.807, 2.05) is 0 Å². The highest BCUT2D eigenvalue weighted by Crippen LogP contribution is 2.27. The van der Waals surface area contributed by atoms with Gasteiger partial charge in [-0.25, -0.2) is 4.79 Å². The van der Waals surface area contributed by atoms with Crippen molar-refractivity contribution < 1.29 is 24.4 Å². The number of nitro benzene ring substituents is 1. The van der Waals surface area contributed by atoms with Crippen LogP contribution in [0.2, 0.25) is 0 Å². The van der Waals surface area contributed by atoms with E-state index in [2.05, 4.69) is 15.4 Å². The fraction of sp³-hybridized carbons (Fsp3) is 0.0625. The average molecular weight is 375 g/mol. The summed E-state index contributed by atoms with van der Waals surface area (Å²) in [6.07, 6.45) is 0. The van der Waals surface area contributed by atoms with Crippen molar-refractivity contribution >= 4 is 40.6 Å². The number of thiocarbonyl (C=S) groups is 1. The number of esters is 1. The molecule has 0 radical (unpaired) electrons. The molecule has 0 bridgehead atoms. The van der Waals surface area contributed by atoms with Crippen molar-refractivity contribution in [2.24, 2.45) is 0 Å². The maximum Gasteiger partial charge on any atom is 0.337 e. The Kier molecular flexibility index (Phi) is 5.81. The zero-order valence-corrected chi connectivity index (χ0v) is 14.2. The molecular weight excluding hydrogens is 362 g/mol. The van der Waals surface area contributed by atoms with Gasteiger partial charge in [-0.3, -0.25) is 20.2 Å². The molecule has 134 valence electrons. The van der Waals surface area contributed by atoms with E-state index in [-0.39, 0.29) is 33.4 Å². The van der Waals surface area contributed by atoms with E-state index in [9.17, 15) is 24.8 Å². The number of amides is 1. The molecule has 0 saturated heterocycles. The number of phenols is 1. The Labute approximate surface area is 152 Å². The van der Waals surface area contributed by atoms with E-state index < -0.39 is 16.8 Å². The van der Waals surface area contributed by atoms with Gasteiger partial charge in [-0.05, 0) is 42.5 Å². The number of hydrogen-bond acceptors (Lipinski definition) is 7. The quantitative estimate of drug-likeness (QED) is 0.244. The van der Waals surface area contributed by atoms with Crippen molar-refractivity contribution in [2.45, 2.75) is 0 Å². The van der Waals surface area contributed by atoms with E-state index in [1.54, 1.807) is 0 Å². The van der Waals surface area contributed by atoms with Crippen LogP contribution in [-0.4, -0.2) is 34.1 Å². The summed E-state index contributed by atoms with van der Waals surface area (Å²) in [7, 11) is 1.25. The minimum atomic E-state index is -0.630. The maximum absolute atomic E-state index is 12.1. The summed E-state index contributed by atoms with van der Waals surface area (Å²) < 4.78 is 4.56. The number of anilines is 1. The average Bonchev–Trinajstić information content (AvgIpc) is 2.62. The number of nitro groups is 1. The summed E-state index contributed by atoms with van der Waals surface area (Å²) in [5.41, 5.74) is 0.236. The molecule has 0 saturated carbocycles. The highest BCUT2D eigenvalue weighted by atomic mass is 32.1. The number of ether oxygens (including phenoxy) is 1. The number of rotatable bonds is 4. The summed E-state index contributed by atoms with van der Waals surface area (Å²) >= 11 is 4.97. The van der Waals surface area contributed by atoms with Gasteiger partial charge in [-0.2, -0.15) is 0 Å². The normalized spacial score (nSPS) is 9.88. The number of methoxy groups -OCH3 is 1. The first kappa shape index (κ1) is 18.8. The first-order chi connectivity index (χ1) is 12.3. The van der Waals surface area contributed by atoms with Crippen molar-refractivity contribution in [3.05, 3.63) is 63.7 Å². The second-order valence-electron chi connectivity index (χ2n) is 4.94. The molecule has 0 aliphatic rings. The van der Waals surface area contributed by atoms with Crippen LogP contribution in [0, 0.1) is 10.1 Å². The van der Waals surface area contributed by atoms with Crippen LogP contribution in [0.15, 0.2) is 42.5 Å². The third-order valence-electron chi connectivity index (χ3n) is 3.23. The number of benzene rings is 2. The molecule has 1 amide bonds. The first-order valence-corrected chi connectivity index (χ1v) is 7.50. The zero-order valence-electron chi connectivity index (χ0n) is 13.4. The molecule has 0 aromatic heterocycles. The van der Waals surface area contributed by atoms with Gasteiger partial charge in [-0.1, -0.05) is 0 Å². The summed E-state index contributed by atoms with van der Waals surface area (Å²) in [5.74, 6) is -1.37. The summed E-state index contributed by atoms with van der Waals surface area (Å²) in [6, 6.07) is 9.01. The largest absolute Gasteiger partial charge is 0.506 e. The summed E-state index contributed by atoms with van der Waals surface area (Å²) in [5, 5.41) is 25.2. The SMILES string of the molecule is COC(=O)c1ccc(C(=O)NC(=S)Nc2cc([N+](=O)[O-])ccc2O)cc1. The molecule has 26 heavy (non-hydrogen) atoms. The van der Waals surface area contributed by atoms with E-state index in [0.717, 1.165) is 18.2 Å². The van der Waals surface area contributed by atoms with Crippen LogP contribution in [0.5, 0.6) is 5.75 Å². The molecule has 0 unspecified atom stereocenters. The molecule has 10 heteroatoms. The number of hydrogen-bond donors (Lipinski definition) is 3. The lowest BCUT2D eigenvalue weighted by atomic mass is 10.1. The lowest BCUT2D eigenvalue weighted by Gasteiger charge is -2.11. The van der Waals surface area contributed by atoms with Crippen molar-refractivity contribution in [1.29, 1.82) is 0 Å². The Bertz CT molecular complexity index is 882. The molecule has 2 aromatic rings.